The van der Waals surface area contributed by atoms with Gasteiger partial charge in [0.25, 0.3) is 0 Å². The summed E-state index contributed by atoms with van der Waals surface area (Å²) in [6.07, 6.45) is 0.962. The topological polar surface area (TPSA) is 47.7 Å². The summed E-state index contributed by atoms with van der Waals surface area (Å²) >= 11 is 0. The highest BCUT2D eigenvalue weighted by Gasteiger charge is 2.20. The number of ether oxygens (including phenoxy) is 2. The zero-order chi connectivity index (χ0) is 17.4. The Hall–Kier alpha value is -2.04. The predicted octanol–water partition coefficient (Wildman–Crippen LogP) is 3.62. The van der Waals surface area contributed by atoms with Crippen molar-refractivity contribution in [3.63, 3.8) is 0 Å². The Bertz CT molecular complexity index is 616. The highest BCUT2D eigenvalue weighted by Crippen LogP contribution is 2.32. The quantitative estimate of drug-likeness (QED) is 0.764. The van der Waals surface area contributed by atoms with Gasteiger partial charge in [0, 0.05) is 24.7 Å². The Morgan fingerprint density at radius 3 is 2.50 bits per heavy atom. The lowest BCUT2D eigenvalue weighted by Crippen LogP contribution is -2.30. The Labute approximate surface area is 145 Å². The number of benzene rings is 2. The smallest absolute Gasteiger partial charge is 0.127 e. The van der Waals surface area contributed by atoms with Crippen LogP contribution in [0.1, 0.15) is 30.5 Å². The van der Waals surface area contributed by atoms with Crippen molar-refractivity contribution in [3.8, 4) is 11.5 Å². The molecule has 0 aliphatic heterocycles. The predicted molar refractivity (Wildman–Crippen MR) is 98.5 cm³/mol. The molecule has 4 heteroatoms. The van der Waals surface area contributed by atoms with Gasteiger partial charge in [-0.25, -0.2) is 0 Å². The monoisotopic (exact) mass is 328 g/mol. The van der Waals surface area contributed by atoms with Crippen LogP contribution in [-0.2, 0) is 6.54 Å². The molecule has 2 rings (SSSR count). The summed E-state index contributed by atoms with van der Waals surface area (Å²) < 4.78 is 11.3. The molecule has 0 saturated heterocycles. The molecule has 2 aromatic carbocycles. The van der Waals surface area contributed by atoms with Gasteiger partial charge in [0.2, 0.25) is 0 Å². The van der Waals surface area contributed by atoms with E-state index in [0.29, 0.717) is 13.2 Å². The third kappa shape index (κ3) is 4.73. The summed E-state index contributed by atoms with van der Waals surface area (Å²) in [7, 11) is 3.76. The fraction of sp³-hybridized carbons (Fsp3) is 0.400. The largest absolute Gasteiger partial charge is 0.497 e. The van der Waals surface area contributed by atoms with E-state index in [1.807, 2.05) is 18.2 Å². The molecule has 4 nitrogen and oxygen atoms in total. The van der Waals surface area contributed by atoms with Crippen LogP contribution < -0.4 is 15.2 Å². The van der Waals surface area contributed by atoms with Crippen molar-refractivity contribution in [3.05, 3.63) is 59.7 Å². The molecular weight excluding hydrogens is 300 g/mol. The maximum Gasteiger partial charge on any atom is 0.127 e. The Balaban J connectivity index is 2.24. The molecule has 24 heavy (non-hydrogen) atoms. The normalized spacial score (nSPS) is 12.2. The number of likely N-dealkylation sites (N-methyl/N-ethyl adjacent to an activating group) is 1. The molecule has 0 saturated carbocycles. The van der Waals surface area contributed by atoms with Gasteiger partial charge < -0.3 is 15.2 Å². The van der Waals surface area contributed by atoms with Crippen molar-refractivity contribution in [2.75, 3.05) is 27.3 Å². The minimum absolute atomic E-state index is 0.0861. The third-order valence-corrected chi connectivity index (χ3v) is 4.07. The van der Waals surface area contributed by atoms with E-state index in [2.05, 4.69) is 49.2 Å². The second-order valence-electron chi connectivity index (χ2n) is 5.90. The van der Waals surface area contributed by atoms with Crippen LogP contribution >= 0.6 is 0 Å². The molecule has 0 spiro atoms. The Morgan fingerprint density at radius 2 is 1.88 bits per heavy atom. The fourth-order valence-electron chi connectivity index (χ4n) is 2.78. The molecule has 0 fully saturated rings. The summed E-state index contributed by atoms with van der Waals surface area (Å²) in [5, 5.41) is 0. The van der Waals surface area contributed by atoms with Crippen LogP contribution in [0.25, 0.3) is 0 Å². The average molecular weight is 328 g/mol. The summed E-state index contributed by atoms with van der Waals surface area (Å²) in [5.41, 5.74) is 8.47. The van der Waals surface area contributed by atoms with Crippen molar-refractivity contribution in [1.29, 1.82) is 0 Å². The number of rotatable bonds is 9. The van der Waals surface area contributed by atoms with Crippen molar-refractivity contribution in [1.82, 2.24) is 4.90 Å². The minimum Gasteiger partial charge on any atom is -0.497 e. The first-order valence-electron chi connectivity index (χ1n) is 8.44. The molecule has 0 amide bonds. The van der Waals surface area contributed by atoms with Crippen LogP contribution in [0.2, 0.25) is 0 Å². The number of methoxy groups -OCH3 is 1. The van der Waals surface area contributed by atoms with E-state index in [1.165, 1.54) is 5.56 Å². The van der Waals surface area contributed by atoms with Gasteiger partial charge in [-0.15, -0.1) is 0 Å². The molecule has 0 aromatic heterocycles. The van der Waals surface area contributed by atoms with Crippen molar-refractivity contribution < 1.29 is 9.47 Å². The lowest BCUT2D eigenvalue weighted by atomic mass is 10.0. The van der Waals surface area contributed by atoms with Gasteiger partial charge >= 0.3 is 0 Å². The first kappa shape index (κ1) is 18.3. The molecule has 2 aromatic rings. The van der Waals surface area contributed by atoms with Crippen LogP contribution in [0.4, 0.5) is 0 Å². The zero-order valence-corrected chi connectivity index (χ0v) is 14.9. The molecule has 0 aliphatic carbocycles. The van der Waals surface area contributed by atoms with Crippen LogP contribution in [0.3, 0.4) is 0 Å². The fourth-order valence-corrected chi connectivity index (χ4v) is 2.78. The van der Waals surface area contributed by atoms with Crippen LogP contribution in [-0.4, -0.2) is 32.2 Å². The van der Waals surface area contributed by atoms with Gasteiger partial charge in [-0.2, -0.15) is 0 Å². The number of hydrogen-bond acceptors (Lipinski definition) is 4. The second-order valence-corrected chi connectivity index (χ2v) is 5.90. The van der Waals surface area contributed by atoms with E-state index in [-0.39, 0.29) is 6.04 Å². The van der Waals surface area contributed by atoms with Crippen LogP contribution in [0, 0.1) is 0 Å². The van der Waals surface area contributed by atoms with Crippen molar-refractivity contribution >= 4 is 0 Å². The molecule has 0 radical (unpaired) electrons. The van der Waals surface area contributed by atoms with E-state index < -0.39 is 0 Å². The first-order chi connectivity index (χ1) is 11.7. The SMILES string of the molecule is CCCOc1cc(OC)ccc1C(CN)N(C)Cc1ccccc1. The van der Waals surface area contributed by atoms with E-state index in [9.17, 15) is 0 Å². The lowest BCUT2D eigenvalue weighted by molar-refractivity contribution is 0.230. The van der Waals surface area contributed by atoms with Crippen LogP contribution in [0.15, 0.2) is 48.5 Å². The molecule has 0 bridgehead atoms. The number of nitrogens with two attached hydrogens (primary N) is 1. The van der Waals surface area contributed by atoms with E-state index in [1.54, 1.807) is 7.11 Å². The molecule has 1 atom stereocenters. The van der Waals surface area contributed by atoms with Gasteiger partial charge in [-0.3, -0.25) is 4.90 Å². The van der Waals surface area contributed by atoms with Crippen molar-refractivity contribution in [2.24, 2.45) is 5.73 Å². The number of nitrogens with zero attached hydrogens (tertiary/aromatic N) is 1. The standard InChI is InChI=1S/C20H28N2O2/c1-4-12-24-20-13-17(23-3)10-11-18(20)19(14-21)22(2)15-16-8-6-5-7-9-16/h5-11,13,19H,4,12,14-15,21H2,1-3H3. The van der Waals surface area contributed by atoms with Crippen LogP contribution in [0.5, 0.6) is 11.5 Å². The summed E-state index contributed by atoms with van der Waals surface area (Å²) in [5.74, 6) is 1.65. The first-order valence-corrected chi connectivity index (χ1v) is 8.44. The van der Waals surface area contributed by atoms with E-state index in [4.69, 9.17) is 15.2 Å². The van der Waals surface area contributed by atoms with Crippen molar-refractivity contribution in [2.45, 2.75) is 25.9 Å². The maximum absolute atomic E-state index is 6.10. The van der Waals surface area contributed by atoms with Gasteiger partial charge in [0.15, 0.2) is 0 Å². The lowest BCUT2D eigenvalue weighted by Gasteiger charge is -2.29. The highest BCUT2D eigenvalue weighted by atomic mass is 16.5. The van der Waals surface area contributed by atoms with Gasteiger partial charge in [-0.1, -0.05) is 43.3 Å². The molecule has 1 unspecified atom stereocenters. The van der Waals surface area contributed by atoms with Gasteiger partial charge in [0.1, 0.15) is 11.5 Å². The molecule has 0 aliphatic rings. The maximum atomic E-state index is 6.10. The molecule has 2 N–H and O–H groups in total. The Morgan fingerprint density at radius 1 is 1.12 bits per heavy atom. The summed E-state index contributed by atoms with van der Waals surface area (Å²) in [4.78, 5) is 2.26. The minimum atomic E-state index is 0.0861. The molecule has 0 heterocycles. The summed E-state index contributed by atoms with van der Waals surface area (Å²) in [6, 6.07) is 16.5. The average Bonchev–Trinajstić information content (AvgIpc) is 2.62. The Kier molecular flexibility index (Phi) is 7.09. The zero-order valence-electron chi connectivity index (χ0n) is 14.9. The van der Waals surface area contributed by atoms with E-state index in [0.717, 1.165) is 30.0 Å². The second kappa shape index (κ2) is 9.30. The number of hydrogen-bond donors (Lipinski definition) is 1. The summed E-state index contributed by atoms with van der Waals surface area (Å²) in [6.45, 7) is 4.14. The molecular formula is C20H28N2O2. The molecule has 130 valence electrons. The van der Waals surface area contributed by atoms with E-state index >= 15 is 0 Å². The van der Waals surface area contributed by atoms with Gasteiger partial charge in [-0.05, 0) is 25.1 Å². The highest BCUT2D eigenvalue weighted by molar-refractivity contribution is 5.43. The third-order valence-electron chi connectivity index (χ3n) is 4.07. The van der Waals surface area contributed by atoms with Gasteiger partial charge in [0.05, 0.1) is 19.8 Å².